The van der Waals surface area contributed by atoms with Crippen LogP contribution >= 0.6 is 0 Å². The molecule has 1 aliphatic rings. The van der Waals surface area contributed by atoms with Crippen LogP contribution < -0.4 is 5.32 Å². The van der Waals surface area contributed by atoms with Crippen LogP contribution in [0.15, 0.2) is 65.6 Å². The molecule has 5 nitrogen and oxygen atoms in total. The van der Waals surface area contributed by atoms with Gasteiger partial charge in [-0.05, 0) is 62.1 Å². The van der Waals surface area contributed by atoms with E-state index in [1.165, 1.54) is 12.1 Å². The summed E-state index contributed by atoms with van der Waals surface area (Å²) in [5.74, 6) is 1.11. The SMILES string of the molecule is CC1=C\CCCO/C(C(C)Nc2ncnc3ccc(-c4ccc(F)cc4)cc23)=N\1. The van der Waals surface area contributed by atoms with Crippen LogP contribution in [-0.2, 0) is 4.74 Å². The van der Waals surface area contributed by atoms with Gasteiger partial charge in [0.1, 0.15) is 24.0 Å². The van der Waals surface area contributed by atoms with Crippen LogP contribution in [0.25, 0.3) is 22.0 Å². The molecule has 2 aromatic carbocycles. The highest BCUT2D eigenvalue weighted by atomic mass is 19.1. The summed E-state index contributed by atoms with van der Waals surface area (Å²) >= 11 is 0. The minimum absolute atomic E-state index is 0.149. The molecule has 4 rings (SSSR count). The second-order valence-corrected chi connectivity index (χ2v) is 7.11. The molecule has 0 aliphatic carbocycles. The Hall–Kier alpha value is -3.28. The molecule has 1 unspecified atom stereocenters. The zero-order chi connectivity index (χ0) is 20.2. The molecule has 1 atom stereocenters. The Balaban J connectivity index is 1.67. The zero-order valence-electron chi connectivity index (χ0n) is 16.5. The Morgan fingerprint density at radius 1 is 1.07 bits per heavy atom. The van der Waals surface area contributed by atoms with Crippen molar-refractivity contribution in [2.75, 3.05) is 11.9 Å². The van der Waals surface area contributed by atoms with E-state index in [4.69, 9.17) is 4.74 Å². The molecule has 0 fully saturated rings. The monoisotopic (exact) mass is 390 g/mol. The van der Waals surface area contributed by atoms with Crippen molar-refractivity contribution in [3.8, 4) is 11.1 Å². The first-order chi connectivity index (χ1) is 14.1. The number of ether oxygens (including phenoxy) is 1. The minimum atomic E-state index is -0.252. The number of anilines is 1. The number of benzene rings is 2. The Kier molecular flexibility index (Phi) is 5.51. The first kappa shape index (κ1) is 19.1. The number of aliphatic imine (C=N–C) groups is 1. The largest absolute Gasteiger partial charge is 0.479 e. The van der Waals surface area contributed by atoms with E-state index in [0.29, 0.717) is 18.3 Å². The van der Waals surface area contributed by atoms with Crippen LogP contribution in [0.4, 0.5) is 10.2 Å². The normalized spacial score (nSPS) is 19.1. The topological polar surface area (TPSA) is 59.4 Å². The van der Waals surface area contributed by atoms with Crippen molar-refractivity contribution in [1.82, 2.24) is 9.97 Å². The molecule has 6 heteroatoms. The van der Waals surface area contributed by atoms with Crippen LogP contribution in [-0.4, -0.2) is 28.5 Å². The number of allylic oxidation sites excluding steroid dienone is 2. The highest BCUT2D eigenvalue weighted by molar-refractivity contribution is 5.94. The van der Waals surface area contributed by atoms with Gasteiger partial charge in [-0.15, -0.1) is 0 Å². The van der Waals surface area contributed by atoms with E-state index in [1.54, 1.807) is 18.5 Å². The lowest BCUT2D eigenvalue weighted by molar-refractivity contribution is 0.286. The molecule has 1 N–H and O–H groups in total. The summed E-state index contributed by atoms with van der Waals surface area (Å²) in [5.41, 5.74) is 3.70. The molecule has 0 spiro atoms. The Morgan fingerprint density at radius 2 is 1.86 bits per heavy atom. The van der Waals surface area contributed by atoms with Gasteiger partial charge < -0.3 is 10.1 Å². The van der Waals surface area contributed by atoms with Crippen LogP contribution in [0.1, 0.15) is 26.7 Å². The second-order valence-electron chi connectivity index (χ2n) is 7.11. The van der Waals surface area contributed by atoms with Crippen molar-refractivity contribution in [3.63, 3.8) is 0 Å². The number of hydrogen-bond acceptors (Lipinski definition) is 5. The van der Waals surface area contributed by atoms with Crippen molar-refractivity contribution in [3.05, 3.63) is 66.4 Å². The van der Waals surface area contributed by atoms with Gasteiger partial charge >= 0.3 is 0 Å². The maximum atomic E-state index is 13.3. The predicted molar refractivity (Wildman–Crippen MR) is 114 cm³/mol. The minimum Gasteiger partial charge on any atom is -0.479 e. The van der Waals surface area contributed by atoms with Gasteiger partial charge in [0.2, 0.25) is 5.90 Å². The molecule has 3 aromatic rings. The number of nitrogens with one attached hydrogen (secondary N) is 1. The number of aromatic nitrogens is 2. The zero-order valence-corrected chi connectivity index (χ0v) is 16.5. The van der Waals surface area contributed by atoms with E-state index >= 15 is 0 Å². The standard InChI is InChI=1S/C23H23FN4O/c1-15-5-3-4-12-29-23(27-15)16(2)28-22-20-13-18(8-11-21(20)25-14-26-22)17-6-9-19(24)10-7-17/h5-11,13-14,16H,3-4,12H2,1-2H3,(H,25,26,28)/b15-5+,27-23-. The molecule has 2 heterocycles. The summed E-state index contributed by atoms with van der Waals surface area (Å²) in [4.78, 5) is 13.4. The first-order valence-corrected chi connectivity index (χ1v) is 9.75. The summed E-state index contributed by atoms with van der Waals surface area (Å²) < 4.78 is 19.1. The summed E-state index contributed by atoms with van der Waals surface area (Å²) in [5, 5.41) is 4.31. The highest BCUT2D eigenvalue weighted by Gasteiger charge is 2.16. The van der Waals surface area contributed by atoms with Gasteiger partial charge in [0.15, 0.2) is 0 Å². The predicted octanol–water partition coefficient (Wildman–Crippen LogP) is 5.35. The lowest BCUT2D eigenvalue weighted by Gasteiger charge is -2.20. The summed E-state index contributed by atoms with van der Waals surface area (Å²) in [6, 6.07) is 12.2. The van der Waals surface area contributed by atoms with Gasteiger partial charge in [-0.3, -0.25) is 0 Å². The molecular formula is C23H23FN4O. The molecule has 0 amide bonds. The fourth-order valence-electron chi connectivity index (χ4n) is 3.30. The molecule has 29 heavy (non-hydrogen) atoms. The molecule has 148 valence electrons. The Morgan fingerprint density at radius 3 is 2.69 bits per heavy atom. The number of fused-ring (bicyclic) bond motifs is 1. The van der Waals surface area contributed by atoms with Gasteiger partial charge in [-0.2, -0.15) is 0 Å². The fourth-order valence-corrected chi connectivity index (χ4v) is 3.30. The van der Waals surface area contributed by atoms with Crippen LogP contribution in [0.3, 0.4) is 0 Å². The number of rotatable bonds is 4. The van der Waals surface area contributed by atoms with E-state index in [9.17, 15) is 4.39 Å². The molecule has 0 saturated carbocycles. The third kappa shape index (κ3) is 4.42. The molecule has 0 radical (unpaired) electrons. The van der Waals surface area contributed by atoms with Gasteiger partial charge in [0.25, 0.3) is 0 Å². The lowest BCUT2D eigenvalue weighted by atomic mass is 10.0. The average Bonchev–Trinajstić information content (AvgIpc) is 2.71. The van der Waals surface area contributed by atoms with Crippen molar-refractivity contribution >= 4 is 22.6 Å². The first-order valence-electron chi connectivity index (χ1n) is 9.75. The third-order valence-corrected chi connectivity index (χ3v) is 4.86. The van der Waals surface area contributed by atoms with E-state index in [-0.39, 0.29) is 11.9 Å². The van der Waals surface area contributed by atoms with E-state index in [2.05, 4.69) is 26.4 Å². The van der Waals surface area contributed by atoms with E-state index < -0.39 is 0 Å². The van der Waals surface area contributed by atoms with Gasteiger partial charge in [-0.25, -0.2) is 19.4 Å². The number of hydrogen-bond donors (Lipinski definition) is 1. The molecule has 0 saturated heterocycles. The van der Waals surface area contributed by atoms with Crippen molar-refractivity contribution in [1.29, 1.82) is 0 Å². The smallest absolute Gasteiger partial charge is 0.211 e. The highest BCUT2D eigenvalue weighted by Crippen LogP contribution is 2.27. The van der Waals surface area contributed by atoms with Crippen LogP contribution in [0.2, 0.25) is 0 Å². The Bertz CT molecular complexity index is 1080. The van der Waals surface area contributed by atoms with E-state index in [0.717, 1.165) is 40.6 Å². The lowest BCUT2D eigenvalue weighted by Crippen LogP contribution is -2.29. The average molecular weight is 390 g/mol. The third-order valence-electron chi connectivity index (χ3n) is 4.86. The fraction of sp³-hybridized carbons (Fsp3) is 0.261. The van der Waals surface area contributed by atoms with Crippen LogP contribution in [0, 0.1) is 5.82 Å². The summed E-state index contributed by atoms with van der Waals surface area (Å²) in [7, 11) is 0. The van der Waals surface area contributed by atoms with Crippen molar-refractivity contribution in [2.24, 2.45) is 4.99 Å². The Labute approximate surface area is 169 Å². The van der Waals surface area contributed by atoms with E-state index in [1.807, 2.05) is 32.0 Å². The van der Waals surface area contributed by atoms with Crippen molar-refractivity contribution in [2.45, 2.75) is 32.7 Å². The van der Waals surface area contributed by atoms with Gasteiger partial charge in [0.05, 0.1) is 12.1 Å². The van der Waals surface area contributed by atoms with Crippen LogP contribution in [0.5, 0.6) is 0 Å². The number of halogens is 1. The molecular weight excluding hydrogens is 367 g/mol. The van der Waals surface area contributed by atoms with Crippen molar-refractivity contribution < 1.29 is 9.13 Å². The summed E-state index contributed by atoms with van der Waals surface area (Å²) in [6.07, 6.45) is 5.62. The maximum Gasteiger partial charge on any atom is 0.211 e. The molecule has 1 aliphatic heterocycles. The quantitative estimate of drug-likeness (QED) is 0.652. The summed E-state index contributed by atoms with van der Waals surface area (Å²) in [6.45, 7) is 4.63. The van der Waals surface area contributed by atoms with Gasteiger partial charge in [-0.1, -0.05) is 24.3 Å². The number of nitrogens with zero attached hydrogens (tertiary/aromatic N) is 3. The molecule has 1 aromatic heterocycles. The molecule has 0 bridgehead atoms. The second kappa shape index (κ2) is 8.39. The maximum absolute atomic E-state index is 13.3. The van der Waals surface area contributed by atoms with Gasteiger partial charge in [0, 0.05) is 11.1 Å².